The van der Waals surface area contributed by atoms with Crippen LogP contribution in [-0.2, 0) is 19.1 Å². The van der Waals surface area contributed by atoms with Crippen LogP contribution in [0.1, 0.15) is 44.9 Å². The van der Waals surface area contributed by atoms with Gasteiger partial charge in [0.2, 0.25) is 0 Å². The van der Waals surface area contributed by atoms with Crippen LogP contribution in [0.15, 0.2) is 12.7 Å². The van der Waals surface area contributed by atoms with Gasteiger partial charge in [0.1, 0.15) is 0 Å². The van der Waals surface area contributed by atoms with E-state index >= 15 is 0 Å². The highest BCUT2D eigenvalue weighted by molar-refractivity contribution is 6.04. The van der Waals surface area contributed by atoms with E-state index in [4.69, 9.17) is 0 Å². The Morgan fingerprint density at radius 1 is 0.377 bits per heavy atom. The van der Waals surface area contributed by atoms with Crippen LogP contribution in [0.5, 0.6) is 0 Å². The number of ether oxygens (including phenoxy) is 2. The Hall–Kier alpha value is -3.70. The zero-order chi connectivity index (χ0) is 55.7. The van der Waals surface area contributed by atoms with Gasteiger partial charge in [-0.15, -0.1) is 6.58 Å². The third kappa shape index (κ3) is 9.36. The van der Waals surface area contributed by atoms with E-state index in [9.17, 15) is 159 Å². The SMILES string of the molecule is C=CC1CC1(C(=O)OCCCCC(F)(F)C(F)(F)C(F)(F)C(F)(F)C(F)(F)C(F)(F)C(F)(F)C(F)(F)F)C(=O)OCCCCC(F)(F)C(F)(F)C(F)(F)C(F)(F)C(F)(F)C(F)(F)C(F)(F)C(F)(F)F. The molecule has 0 spiro atoms. The van der Waals surface area contributed by atoms with E-state index in [1.54, 1.807) is 0 Å². The van der Waals surface area contributed by atoms with Crippen LogP contribution < -0.4 is 0 Å². The van der Waals surface area contributed by atoms with Crippen molar-refractivity contribution >= 4 is 11.9 Å². The molecule has 1 aliphatic carbocycles. The molecule has 1 rings (SSSR count). The molecule has 408 valence electrons. The Bertz CT molecular complexity index is 1720. The fraction of sp³-hybridized carbons (Fsp3) is 0.871. The monoisotopic (exact) mass is 1100 g/mol. The number of halogens is 34. The first-order valence-electron chi connectivity index (χ1n) is 17.3. The van der Waals surface area contributed by atoms with E-state index in [1.165, 1.54) is 0 Å². The van der Waals surface area contributed by atoms with E-state index in [1.807, 2.05) is 0 Å². The molecule has 69 heavy (non-hydrogen) atoms. The summed E-state index contributed by atoms with van der Waals surface area (Å²) in [5.41, 5.74) is -2.68. The van der Waals surface area contributed by atoms with Gasteiger partial charge >= 0.3 is 107 Å². The van der Waals surface area contributed by atoms with Gasteiger partial charge in [0.25, 0.3) is 0 Å². The van der Waals surface area contributed by atoms with E-state index in [0.717, 1.165) is 0 Å². The Morgan fingerprint density at radius 2 is 0.594 bits per heavy atom. The lowest BCUT2D eigenvalue weighted by atomic mass is 9.88. The van der Waals surface area contributed by atoms with Gasteiger partial charge in [0, 0.05) is 18.8 Å². The minimum Gasteiger partial charge on any atom is -0.465 e. The standard InChI is InChI=1S/C31H22F34O4/c1-2-12-11-15(12,13(66)68-9-5-3-7-16(32,33)18(36,37)20(40,41)22(44,45)24(48,49)26(52,53)28(56,57)30(60,61)62)14(67)69-10-6-4-8-17(34,35)19(38,39)21(42,43)23(46,47)25(50,51)27(54,55)29(58,59)31(63,64)65/h2,12H,1,3-11H2. The lowest BCUT2D eigenvalue weighted by Crippen LogP contribution is -2.74. The van der Waals surface area contributed by atoms with Crippen molar-refractivity contribution in [3.05, 3.63) is 12.7 Å². The van der Waals surface area contributed by atoms with E-state index in [0.29, 0.717) is 6.08 Å². The Balaban J connectivity index is 3.04. The van der Waals surface area contributed by atoms with Crippen LogP contribution in [0, 0.1) is 11.3 Å². The number of alkyl halides is 34. The van der Waals surface area contributed by atoms with Gasteiger partial charge in [0.05, 0.1) is 13.2 Å². The van der Waals surface area contributed by atoms with E-state index in [2.05, 4.69) is 16.1 Å². The number of hydrogen-bond acceptors (Lipinski definition) is 4. The molecule has 4 nitrogen and oxygen atoms in total. The van der Waals surface area contributed by atoms with Crippen molar-refractivity contribution in [1.29, 1.82) is 0 Å². The van der Waals surface area contributed by atoms with E-state index in [-0.39, 0.29) is 0 Å². The lowest BCUT2D eigenvalue weighted by molar-refractivity contribution is -0.461. The van der Waals surface area contributed by atoms with Crippen molar-refractivity contribution in [1.82, 2.24) is 0 Å². The molecule has 0 radical (unpaired) electrons. The third-order valence-electron chi connectivity index (χ3n) is 9.84. The first-order chi connectivity index (χ1) is 29.9. The van der Waals surface area contributed by atoms with Crippen molar-refractivity contribution in [2.75, 3.05) is 13.2 Å². The lowest BCUT2D eigenvalue weighted by Gasteiger charge is -2.42. The molecule has 1 atom stereocenters. The smallest absolute Gasteiger partial charge is 0.460 e. The quantitative estimate of drug-likeness (QED) is 0.0301. The summed E-state index contributed by atoms with van der Waals surface area (Å²) in [5, 5.41) is 0. The number of carbonyl (C=O) groups excluding carboxylic acids is 2. The Kier molecular flexibility index (Phi) is 16.6. The number of rotatable bonds is 25. The van der Waals surface area contributed by atoms with Crippen LogP contribution in [0.2, 0.25) is 0 Å². The van der Waals surface area contributed by atoms with Crippen LogP contribution >= 0.6 is 0 Å². The van der Waals surface area contributed by atoms with Gasteiger partial charge in [0.15, 0.2) is 5.41 Å². The second-order valence-corrected chi connectivity index (χ2v) is 14.5. The summed E-state index contributed by atoms with van der Waals surface area (Å²) in [6.45, 7) is 0.137. The minimum atomic E-state index is -8.89. The third-order valence-corrected chi connectivity index (χ3v) is 9.84. The number of allylic oxidation sites excluding steroid dienone is 1. The predicted octanol–water partition coefficient (Wildman–Crippen LogP) is 13.6. The summed E-state index contributed by atoms with van der Waals surface area (Å²) in [5.74, 6) is -122. The molecule has 0 aromatic carbocycles. The number of hydrogen-bond donors (Lipinski definition) is 0. The van der Waals surface area contributed by atoms with Crippen LogP contribution in [0.3, 0.4) is 0 Å². The molecule has 0 amide bonds. The summed E-state index contributed by atoms with van der Waals surface area (Å²) >= 11 is 0. The predicted molar refractivity (Wildman–Crippen MR) is 152 cm³/mol. The van der Waals surface area contributed by atoms with Gasteiger partial charge in [-0.2, -0.15) is 149 Å². The second kappa shape index (κ2) is 18.1. The molecule has 1 aliphatic rings. The molecule has 0 bridgehead atoms. The molecule has 38 heteroatoms. The van der Waals surface area contributed by atoms with Crippen LogP contribution in [0.25, 0.3) is 0 Å². The second-order valence-electron chi connectivity index (χ2n) is 14.5. The highest BCUT2D eigenvalue weighted by Gasteiger charge is 2.97. The highest BCUT2D eigenvalue weighted by atomic mass is 19.4. The molecule has 0 aromatic rings. The molecule has 1 saturated carbocycles. The molecule has 0 heterocycles. The Labute approximate surface area is 358 Å². The van der Waals surface area contributed by atoms with Gasteiger partial charge < -0.3 is 9.47 Å². The molecular weight excluding hydrogens is 1080 g/mol. The first-order valence-corrected chi connectivity index (χ1v) is 17.3. The molecule has 1 fully saturated rings. The fourth-order valence-electron chi connectivity index (χ4n) is 5.32. The number of carbonyl (C=O) groups is 2. The van der Waals surface area contributed by atoms with Gasteiger partial charge in [-0.3, -0.25) is 9.59 Å². The minimum absolute atomic E-state index is 0.701. The maximum absolute atomic E-state index is 14.1. The first kappa shape index (κ1) is 63.3. The van der Waals surface area contributed by atoms with E-state index < -0.39 is 177 Å². The molecule has 0 N–H and O–H groups in total. The summed E-state index contributed by atoms with van der Waals surface area (Å²) in [6.07, 6.45) is -28.4. The molecule has 0 saturated heterocycles. The van der Waals surface area contributed by atoms with Gasteiger partial charge in [-0.25, -0.2) is 0 Å². The molecule has 0 aromatic heterocycles. The number of unbranched alkanes of at least 4 members (excludes halogenated alkanes) is 2. The average molecular weight is 1100 g/mol. The van der Waals surface area contributed by atoms with Crippen LogP contribution in [-0.4, -0.2) is 120 Å². The Morgan fingerprint density at radius 3 is 0.797 bits per heavy atom. The van der Waals surface area contributed by atoms with Gasteiger partial charge in [-0.05, 0) is 32.1 Å². The fourth-order valence-corrected chi connectivity index (χ4v) is 5.32. The summed E-state index contributed by atoms with van der Waals surface area (Å²) < 4.78 is 465. The normalized spacial score (nSPS) is 18.3. The summed E-state index contributed by atoms with van der Waals surface area (Å²) in [4.78, 5) is 25.1. The van der Waals surface area contributed by atoms with Crippen molar-refractivity contribution in [3.8, 4) is 0 Å². The summed E-state index contributed by atoms with van der Waals surface area (Å²) in [7, 11) is 0. The van der Waals surface area contributed by atoms with Crippen molar-refractivity contribution in [2.45, 2.75) is 140 Å². The number of esters is 2. The zero-order valence-electron chi connectivity index (χ0n) is 32.2. The maximum atomic E-state index is 14.1. The van der Waals surface area contributed by atoms with Gasteiger partial charge in [-0.1, -0.05) is 6.08 Å². The summed E-state index contributed by atoms with van der Waals surface area (Å²) in [6, 6.07) is 0. The zero-order valence-corrected chi connectivity index (χ0v) is 32.2. The van der Waals surface area contributed by atoms with Crippen molar-refractivity contribution in [3.63, 3.8) is 0 Å². The molecular formula is C31H22F34O4. The molecule has 0 aliphatic heterocycles. The maximum Gasteiger partial charge on any atom is 0.460 e. The van der Waals surface area contributed by atoms with Crippen molar-refractivity contribution < 1.29 is 168 Å². The average Bonchev–Trinajstić information content (AvgIpc) is 3.91. The topological polar surface area (TPSA) is 52.6 Å². The van der Waals surface area contributed by atoms with Crippen molar-refractivity contribution in [2.24, 2.45) is 11.3 Å². The largest absolute Gasteiger partial charge is 0.465 e. The highest BCUT2D eigenvalue weighted by Crippen LogP contribution is 2.66. The molecule has 1 unspecified atom stereocenters. The van der Waals surface area contributed by atoms with Crippen LogP contribution in [0.4, 0.5) is 149 Å².